The average Bonchev–Trinajstić information content (AvgIpc) is 2.86. The topological polar surface area (TPSA) is 54.5 Å². The second-order valence-corrected chi connectivity index (χ2v) is 3.85. The van der Waals surface area contributed by atoms with Crippen molar-refractivity contribution < 1.29 is 14.4 Å². The quantitative estimate of drug-likeness (QED) is 0.448. The van der Waals surface area contributed by atoms with E-state index in [0.717, 1.165) is 12.7 Å². The Hall–Kier alpha value is -1.19. The van der Waals surface area contributed by atoms with E-state index in [1.54, 1.807) is 6.92 Å². The molecule has 3 unspecified atom stereocenters. The number of aldehydes is 1. The minimum Gasteiger partial charge on any atom is -0.303 e. The van der Waals surface area contributed by atoms with Crippen molar-refractivity contribution in [1.29, 1.82) is 0 Å². The van der Waals surface area contributed by atoms with Crippen LogP contribution in [0.3, 0.4) is 0 Å². The van der Waals surface area contributed by atoms with Crippen molar-refractivity contribution in [3.63, 3.8) is 0 Å². The molecule has 13 heavy (non-hydrogen) atoms. The molecule has 0 N–H and O–H groups in total. The molecule has 70 valence electrons. The maximum absolute atomic E-state index is 11.4. The third kappa shape index (κ3) is 1.17. The van der Waals surface area contributed by atoms with E-state index in [9.17, 15) is 14.4 Å². The van der Waals surface area contributed by atoms with Crippen LogP contribution in [0, 0.1) is 17.8 Å². The van der Waals surface area contributed by atoms with E-state index >= 15 is 0 Å². The molecule has 1 saturated heterocycles. The average molecular weight is 181 g/mol. The second-order valence-electron chi connectivity index (χ2n) is 3.85. The van der Waals surface area contributed by atoms with Gasteiger partial charge in [-0.2, -0.15) is 0 Å². The zero-order chi connectivity index (χ0) is 9.59. The first kappa shape index (κ1) is 8.41. The molecule has 3 atom stereocenters. The molecular weight excluding hydrogens is 170 g/mol. The predicted octanol–water partition coefficient (Wildman–Crippen LogP) is -0.174. The van der Waals surface area contributed by atoms with Gasteiger partial charge in [0, 0.05) is 12.5 Å². The molecule has 4 nitrogen and oxygen atoms in total. The summed E-state index contributed by atoms with van der Waals surface area (Å²) in [4.78, 5) is 34.4. The normalized spacial score (nSPS) is 33.2. The Balaban J connectivity index is 2.04. The molecule has 0 spiro atoms. The van der Waals surface area contributed by atoms with Crippen LogP contribution in [0.2, 0.25) is 0 Å². The van der Waals surface area contributed by atoms with Gasteiger partial charge in [0.15, 0.2) is 0 Å². The highest BCUT2D eigenvalue weighted by atomic mass is 16.2. The van der Waals surface area contributed by atoms with Crippen LogP contribution >= 0.6 is 0 Å². The minimum absolute atomic E-state index is 0.0497. The summed E-state index contributed by atoms with van der Waals surface area (Å²) in [5.74, 6) is -0.504. The number of fused-ring (bicyclic) bond motifs is 1. The number of carbonyl (C=O) groups is 3. The molecule has 0 radical (unpaired) electrons. The van der Waals surface area contributed by atoms with Gasteiger partial charge in [-0.05, 0) is 6.42 Å². The highest BCUT2D eigenvalue weighted by Gasteiger charge is 2.58. The van der Waals surface area contributed by atoms with Crippen LogP contribution in [0.1, 0.15) is 13.3 Å². The summed E-state index contributed by atoms with van der Waals surface area (Å²) in [6, 6.07) is 0. The fourth-order valence-electron chi connectivity index (χ4n) is 1.76. The van der Waals surface area contributed by atoms with Crippen LogP contribution in [-0.2, 0) is 14.4 Å². The fraction of sp³-hybridized carbons (Fsp3) is 0.667. The van der Waals surface area contributed by atoms with Crippen molar-refractivity contribution in [2.75, 3.05) is 6.54 Å². The Kier molecular flexibility index (Phi) is 1.71. The van der Waals surface area contributed by atoms with E-state index in [1.165, 1.54) is 4.90 Å². The second kappa shape index (κ2) is 2.65. The zero-order valence-corrected chi connectivity index (χ0v) is 7.40. The van der Waals surface area contributed by atoms with Gasteiger partial charge in [0.05, 0.1) is 11.8 Å². The maximum atomic E-state index is 11.4. The van der Waals surface area contributed by atoms with Gasteiger partial charge in [-0.1, -0.05) is 6.92 Å². The molecule has 0 aromatic heterocycles. The SMILES string of the molecule is CC(C=O)CN1C(=O)C2CC2C1=O. The Labute approximate surface area is 75.9 Å². The molecular formula is C9H11NO3. The number of hydrogen-bond acceptors (Lipinski definition) is 3. The van der Waals surface area contributed by atoms with E-state index in [1.807, 2.05) is 0 Å². The van der Waals surface area contributed by atoms with Gasteiger partial charge >= 0.3 is 0 Å². The monoisotopic (exact) mass is 181 g/mol. The maximum Gasteiger partial charge on any atom is 0.233 e. The van der Waals surface area contributed by atoms with Gasteiger partial charge in [0.1, 0.15) is 6.29 Å². The summed E-state index contributed by atoms with van der Waals surface area (Å²) in [6.45, 7) is 1.96. The molecule has 2 amide bonds. The smallest absolute Gasteiger partial charge is 0.233 e. The summed E-state index contributed by atoms with van der Waals surface area (Å²) in [6.07, 6.45) is 1.49. The minimum atomic E-state index is -0.245. The number of imide groups is 1. The van der Waals surface area contributed by atoms with Crippen molar-refractivity contribution in [1.82, 2.24) is 4.90 Å². The van der Waals surface area contributed by atoms with Crippen LogP contribution in [0.25, 0.3) is 0 Å². The third-order valence-corrected chi connectivity index (χ3v) is 2.66. The third-order valence-electron chi connectivity index (χ3n) is 2.66. The summed E-state index contributed by atoms with van der Waals surface area (Å²) in [5, 5.41) is 0. The van der Waals surface area contributed by atoms with E-state index in [-0.39, 0.29) is 36.1 Å². The first-order chi connectivity index (χ1) is 6.15. The summed E-state index contributed by atoms with van der Waals surface area (Å²) in [7, 11) is 0. The molecule has 1 aliphatic carbocycles. The molecule has 1 saturated carbocycles. The van der Waals surface area contributed by atoms with E-state index in [0.29, 0.717) is 0 Å². The number of nitrogens with zero attached hydrogens (tertiary/aromatic N) is 1. The number of hydrogen-bond donors (Lipinski definition) is 0. The van der Waals surface area contributed by atoms with Crippen molar-refractivity contribution in [3.05, 3.63) is 0 Å². The Morgan fingerprint density at radius 3 is 2.46 bits per heavy atom. The lowest BCUT2D eigenvalue weighted by Crippen LogP contribution is -2.36. The van der Waals surface area contributed by atoms with Crippen LogP contribution in [-0.4, -0.2) is 29.5 Å². The lowest BCUT2D eigenvalue weighted by atomic mass is 10.2. The van der Waals surface area contributed by atoms with Gasteiger partial charge < -0.3 is 4.79 Å². The Morgan fingerprint density at radius 2 is 2.00 bits per heavy atom. The number of amides is 2. The molecule has 2 rings (SSSR count). The predicted molar refractivity (Wildman–Crippen MR) is 43.5 cm³/mol. The van der Waals surface area contributed by atoms with E-state index < -0.39 is 0 Å². The highest BCUT2D eigenvalue weighted by molar-refractivity contribution is 6.08. The van der Waals surface area contributed by atoms with Crippen molar-refractivity contribution in [3.8, 4) is 0 Å². The molecule has 2 aliphatic rings. The zero-order valence-electron chi connectivity index (χ0n) is 7.40. The van der Waals surface area contributed by atoms with Gasteiger partial charge in [-0.15, -0.1) is 0 Å². The first-order valence-electron chi connectivity index (χ1n) is 4.45. The van der Waals surface area contributed by atoms with Crippen LogP contribution in [0.4, 0.5) is 0 Å². The summed E-state index contributed by atoms with van der Waals surface area (Å²) in [5.41, 5.74) is 0. The first-order valence-corrected chi connectivity index (χ1v) is 4.45. The van der Waals surface area contributed by atoms with Crippen LogP contribution < -0.4 is 0 Å². The summed E-state index contributed by atoms with van der Waals surface area (Å²) >= 11 is 0. The fourth-order valence-corrected chi connectivity index (χ4v) is 1.76. The van der Waals surface area contributed by atoms with E-state index in [2.05, 4.69) is 0 Å². The lowest BCUT2D eigenvalue weighted by molar-refractivity contribution is -0.142. The Bertz CT molecular complexity index is 267. The van der Waals surface area contributed by atoms with Gasteiger partial charge in [-0.3, -0.25) is 14.5 Å². The number of carbonyl (C=O) groups excluding carboxylic acids is 3. The molecule has 4 heteroatoms. The van der Waals surface area contributed by atoms with Crippen molar-refractivity contribution in [2.24, 2.45) is 17.8 Å². The molecule has 1 aliphatic heterocycles. The van der Waals surface area contributed by atoms with Crippen molar-refractivity contribution in [2.45, 2.75) is 13.3 Å². The van der Waals surface area contributed by atoms with Gasteiger partial charge in [-0.25, -0.2) is 0 Å². The number of piperidine rings is 1. The van der Waals surface area contributed by atoms with Crippen LogP contribution in [0.15, 0.2) is 0 Å². The molecule has 0 bridgehead atoms. The molecule has 1 heterocycles. The standard InChI is InChI=1S/C9H11NO3/c1-5(4-11)3-10-8(12)6-2-7(6)9(10)13/h4-7H,2-3H2,1H3. The molecule has 2 fully saturated rings. The number of likely N-dealkylation sites (tertiary alicyclic amines) is 1. The number of rotatable bonds is 3. The summed E-state index contributed by atoms with van der Waals surface area (Å²) < 4.78 is 0. The molecule has 0 aromatic rings. The van der Waals surface area contributed by atoms with Gasteiger partial charge in [0.2, 0.25) is 11.8 Å². The van der Waals surface area contributed by atoms with Crippen molar-refractivity contribution >= 4 is 18.1 Å². The van der Waals surface area contributed by atoms with Gasteiger partial charge in [0.25, 0.3) is 0 Å². The highest BCUT2D eigenvalue weighted by Crippen LogP contribution is 2.46. The largest absolute Gasteiger partial charge is 0.303 e. The van der Waals surface area contributed by atoms with Crippen LogP contribution in [0.5, 0.6) is 0 Å². The lowest BCUT2D eigenvalue weighted by Gasteiger charge is -2.17. The Morgan fingerprint density at radius 1 is 1.46 bits per heavy atom. The van der Waals surface area contributed by atoms with E-state index in [4.69, 9.17) is 0 Å². The molecule has 0 aromatic carbocycles.